The first-order chi connectivity index (χ1) is 15.3. The molecule has 0 bridgehead atoms. The van der Waals surface area contributed by atoms with Crippen LogP contribution in [0.25, 0.3) is 16.8 Å². The third kappa shape index (κ3) is 7.26. The van der Waals surface area contributed by atoms with E-state index >= 15 is 0 Å². The number of carbonyl (C=O) groups excluding carboxylic acids is 1. The molecule has 0 unspecified atom stereocenters. The van der Waals surface area contributed by atoms with Crippen molar-refractivity contribution >= 4 is 5.97 Å². The van der Waals surface area contributed by atoms with E-state index in [1.165, 1.54) is 12.1 Å². The fourth-order valence-electron chi connectivity index (χ4n) is 4.15. The molecule has 3 rings (SSSR count). The maximum Gasteiger partial charge on any atom is 1.00 e. The molecule has 0 aliphatic carbocycles. The Hall–Kier alpha value is -1.96. The summed E-state index contributed by atoms with van der Waals surface area (Å²) < 4.78 is 15.7. The zero-order chi connectivity index (χ0) is 23.3. The molecule has 0 saturated carbocycles. The maximum absolute atomic E-state index is 13.5. The van der Waals surface area contributed by atoms with Crippen LogP contribution in [0.5, 0.6) is 0 Å². The number of halogens is 1. The number of benzene rings is 2. The average Bonchev–Trinajstić information content (AvgIpc) is 3.12. The zero-order valence-electron chi connectivity index (χ0n) is 19.4. The minimum atomic E-state index is -1.34. The number of carbonyl (C=O) groups is 1. The summed E-state index contributed by atoms with van der Waals surface area (Å²) in [6.45, 7) is 4.21. The van der Waals surface area contributed by atoms with Gasteiger partial charge in [0.2, 0.25) is 0 Å². The molecule has 1 aromatic heterocycles. The fraction of sp³-hybridized carbons (Fsp3) is 0.346. The summed E-state index contributed by atoms with van der Waals surface area (Å²) in [6, 6.07) is 16.3. The Labute approximate surface area is 216 Å². The van der Waals surface area contributed by atoms with Gasteiger partial charge in [-0.1, -0.05) is 44.2 Å². The fourth-order valence-corrected chi connectivity index (χ4v) is 4.15. The molecular weight excluding hydrogens is 432 g/mol. The molecule has 7 heteroatoms. The van der Waals surface area contributed by atoms with Gasteiger partial charge >= 0.3 is 29.6 Å². The Morgan fingerprint density at radius 2 is 1.67 bits per heavy atom. The van der Waals surface area contributed by atoms with Gasteiger partial charge in [-0.3, -0.25) is 0 Å². The number of aromatic nitrogens is 1. The van der Waals surface area contributed by atoms with Crippen LogP contribution < -0.4 is 34.7 Å². The molecule has 0 spiro atoms. The van der Waals surface area contributed by atoms with E-state index in [0.29, 0.717) is 12.8 Å². The van der Waals surface area contributed by atoms with E-state index in [-0.39, 0.29) is 47.7 Å². The number of hydrogen-bond donors (Lipinski definition) is 2. The molecule has 170 valence electrons. The van der Waals surface area contributed by atoms with E-state index < -0.39 is 24.6 Å². The van der Waals surface area contributed by atoms with Crippen molar-refractivity contribution in [3.05, 3.63) is 77.9 Å². The largest absolute Gasteiger partial charge is 1.00 e. The van der Waals surface area contributed by atoms with Crippen molar-refractivity contribution in [1.82, 2.24) is 4.57 Å². The molecule has 0 fully saturated rings. The van der Waals surface area contributed by atoms with E-state index in [2.05, 4.69) is 18.4 Å². The molecule has 0 saturated heterocycles. The molecule has 3 aromatic rings. The van der Waals surface area contributed by atoms with E-state index in [1.54, 1.807) is 12.1 Å². The summed E-state index contributed by atoms with van der Waals surface area (Å²) in [4.78, 5) is 10.7. The molecule has 33 heavy (non-hydrogen) atoms. The Morgan fingerprint density at radius 1 is 1.03 bits per heavy atom. The number of aliphatic hydroxyl groups excluding tert-OH is 2. The summed E-state index contributed by atoms with van der Waals surface area (Å²) in [7, 11) is 0. The summed E-state index contributed by atoms with van der Waals surface area (Å²) in [6.07, 6.45) is 0.395. The van der Waals surface area contributed by atoms with Gasteiger partial charge in [-0.15, -0.1) is 0 Å². The summed E-state index contributed by atoms with van der Waals surface area (Å²) in [5, 5.41) is 30.9. The third-order valence-corrected chi connectivity index (χ3v) is 5.56. The van der Waals surface area contributed by atoms with Gasteiger partial charge in [-0.05, 0) is 60.6 Å². The van der Waals surface area contributed by atoms with E-state index in [9.17, 15) is 24.5 Å². The zero-order valence-corrected chi connectivity index (χ0v) is 21.4. The molecule has 2 aromatic carbocycles. The number of aliphatic carboxylic acids is 1. The van der Waals surface area contributed by atoms with Crippen LogP contribution in [0.1, 0.15) is 50.3 Å². The predicted octanol–water partition coefficient (Wildman–Crippen LogP) is 0.595. The summed E-state index contributed by atoms with van der Waals surface area (Å²) >= 11 is 0. The Kier molecular flexibility index (Phi) is 10.3. The number of aliphatic hydroxyl groups is 2. The summed E-state index contributed by atoms with van der Waals surface area (Å²) in [5.74, 6) is -1.47. The first-order valence-corrected chi connectivity index (χ1v) is 10.9. The maximum atomic E-state index is 13.5. The van der Waals surface area contributed by atoms with Crippen molar-refractivity contribution in [2.24, 2.45) is 0 Å². The van der Waals surface area contributed by atoms with Crippen LogP contribution in [0.2, 0.25) is 0 Å². The van der Waals surface area contributed by atoms with Gasteiger partial charge in [0.25, 0.3) is 0 Å². The monoisotopic (exact) mass is 461 g/mol. The van der Waals surface area contributed by atoms with Crippen LogP contribution in [0, 0.1) is 5.82 Å². The van der Waals surface area contributed by atoms with E-state index in [4.69, 9.17) is 0 Å². The topological polar surface area (TPSA) is 85.5 Å². The van der Waals surface area contributed by atoms with E-state index in [1.807, 2.05) is 36.5 Å². The Morgan fingerprint density at radius 3 is 2.24 bits per heavy atom. The number of hydrogen-bond acceptors (Lipinski definition) is 4. The van der Waals surface area contributed by atoms with Gasteiger partial charge in [0, 0.05) is 35.5 Å². The molecular formula is C26H29FNNaO4. The van der Waals surface area contributed by atoms with Gasteiger partial charge in [-0.2, -0.15) is 0 Å². The van der Waals surface area contributed by atoms with Gasteiger partial charge < -0.3 is 24.7 Å². The second-order valence-electron chi connectivity index (χ2n) is 8.43. The molecule has 2 atom stereocenters. The van der Waals surface area contributed by atoms with Crippen LogP contribution in [0.3, 0.4) is 0 Å². The Balaban J connectivity index is 0.00000385. The molecule has 0 radical (unpaired) electrons. The smallest absolute Gasteiger partial charge is 0.550 e. The molecule has 5 nitrogen and oxygen atoms in total. The SMILES string of the molecule is CC(C)c1c(CC[C@H](O)C[C@@H](O)CC(=O)[O-])c(-c2ccc(F)cc2)cn1-c1ccccc1.[Na+]. The van der Waals surface area contributed by atoms with Crippen molar-refractivity contribution in [3.63, 3.8) is 0 Å². The van der Waals surface area contributed by atoms with Crippen molar-refractivity contribution in [2.45, 2.75) is 57.7 Å². The average molecular weight is 462 g/mol. The first kappa shape index (κ1) is 27.3. The molecule has 0 aliphatic heterocycles. The van der Waals surface area contributed by atoms with Crippen molar-refractivity contribution in [1.29, 1.82) is 0 Å². The number of carboxylic acid groups (broad SMARTS) is 1. The molecule has 0 aliphatic rings. The molecule has 2 N–H and O–H groups in total. The van der Waals surface area contributed by atoms with Gasteiger partial charge in [0.05, 0.1) is 12.2 Å². The number of para-hydroxylation sites is 1. The number of carboxylic acids is 1. The van der Waals surface area contributed by atoms with Crippen LogP contribution in [-0.2, 0) is 11.2 Å². The first-order valence-electron chi connectivity index (χ1n) is 10.9. The van der Waals surface area contributed by atoms with Crippen molar-refractivity contribution in [3.8, 4) is 16.8 Å². The Bertz CT molecular complexity index is 1030. The molecule has 0 amide bonds. The predicted molar refractivity (Wildman–Crippen MR) is 120 cm³/mol. The molecule has 1 heterocycles. The minimum Gasteiger partial charge on any atom is -0.550 e. The van der Waals surface area contributed by atoms with Crippen LogP contribution in [0.4, 0.5) is 4.39 Å². The summed E-state index contributed by atoms with van der Waals surface area (Å²) in [5.41, 5.74) is 4.99. The quantitative estimate of drug-likeness (QED) is 0.433. The van der Waals surface area contributed by atoms with Crippen LogP contribution >= 0.6 is 0 Å². The van der Waals surface area contributed by atoms with E-state index in [0.717, 1.165) is 28.1 Å². The van der Waals surface area contributed by atoms with Crippen molar-refractivity contribution in [2.75, 3.05) is 0 Å². The van der Waals surface area contributed by atoms with Crippen LogP contribution in [0.15, 0.2) is 60.8 Å². The minimum absolute atomic E-state index is 0. The van der Waals surface area contributed by atoms with Gasteiger partial charge in [0.1, 0.15) is 5.82 Å². The van der Waals surface area contributed by atoms with Gasteiger partial charge in [0.15, 0.2) is 0 Å². The normalized spacial score (nSPS) is 12.9. The third-order valence-electron chi connectivity index (χ3n) is 5.56. The van der Waals surface area contributed by atoms with Gasteiger partial charge in [-0.25, -0.2) is 4.39 Å². The van der Waals surface area contributed by atoms with Crippen molar-refractivity contribution < 1.29 is 54.1 Å². The number of rotatable bonds is 10. The standard InChI is InChI=1S/C26H30FNO4.Na/c1-17(2)26-23(13-12-21(29)14-22(30)15-25(31)32)24(18-8-10-19(27)11-9-18)16-28(26)20-6-4-3-5-7-20;/h3-11,16-17,21-22,29-30H,12-15H2,1-2H3,(H,31,32);/q;+1/p-1/t21-,22+;/m0./s1. The number of nitrogens with zero attached hydrogens (tertiary/aromatic N) is 1. The van der Waals surface area contributed by atoms with Crippen LogP contribution in [-0.4, -0.2) is 33.0 Å². The second kappa shape index (κ2) is 12.5. The second-order valence-corrected chi connectivity index (χ2v) is 8.43.